The molecule has 0 saturated carbocycles. The van der Waals surface area contributed by atoms with Crippen LogP contribution in [0.4, 0.5) is 22.0 Å². The second-order valence-corrected chi connectivity index (χ2v) is 4.79. The summed E-state index contributed by atoms with van der Waals surface area (Å²) in [5.41, 5.74) is -2.22. The number of hydrogen-bond acceptors (Lipinski definition) is 2. The molecule has 0 aliphatic rings. The highest BCUT2D eigenvalue weighted by atomic mass is 19.4. The Morgan fingerprint density at radius 1 is 1.10 bits per heavy atom. The molecule has 1 rings (SSSR count). The molecule has 1 atom stereocenters. The molecule has 0 aliphatic carbocycles. The SMILES string of the molecule is CC(=O)c1ccc(C(C)(O)CC(F)(F)C(F)(F)F)cc1. The van der Waals surface area contributed by atoms with Crippen LogP contribution in [0.5, 0.6) is 0 Å². The number of carbonyl (C=O) groups is 1. The molecule has 0 heterocycles. The van der Waals surface area contributed by atoms with E-state index in [-0.39, 0.29) is 16.9 Å². The highest BCUT2D eigenvalue weighted by Gasteiger charge is 2.59. The first-order chi connectivity index (χ1) is 8.87. The Bertz CT molecular complexity index is 488. The van der Waals surface area contributed by atoms with E-state index < -0.39 is 24.1 Å². The largest absolute Gasteiger partial charge is 0.453 e. The fourth-order valence-electron chi connectivity index (χ4n) is 1.70. The quantitative estimate of drug-likeness (QED) is 0.679. The number of hydrogen-bond donors (Lipinski definition) is 1. The van der Waals surface area contributed by atoms with Gasteiger partial charge in [-0.05, 0) is 19.4 Å². The lowest BCUT2D eigenvalue weighted by Crippen LogP contribution is -2.42. The van der Waals surface area contributed by atoms with Crippen LogP contribution in [0.2, 0.25) is 0 Å². The van der Waals surface area contributed by atoms with Gasteiger partial charge in [0, 0.05) is 5.56 Å². The van der Waals surface area contributed by atoms with Gasteiger partial charge >= 0.3 is 12.1 Å². The molecular formula is C13H13F5O2. The summed E-state index contributed by atoms with van der Waals surface area (Å²) in [5, 5.41) is 9.85. The number of carbonyl (C=O) groups excluding carboxylic acids is 1. The minimum Gasteiger partial charge on any atom is -0.385 e. The van der Waals surface area contributed by atoms with Gasteiger partial charge in [0.15, 0.2) is 5.78 Å². The first kappa shape index (κ1) is 16.6. The maximum Gasteiger partial charge on any atom is 0.453 e. The van der Waals surface area contributed by atoms with Crippen LogP contribution in [0, 0.1) is 0 Å². The van der Waals surface area contributed by atoms with E-state index in [4.69, 9.17) is 0 Å². The van der Waals surface area contributed by atoms with Gasteiger partial charge in [0.1, 0.15) is 0 Å². The standard InChI is InChI=1S/C13H13F5O2/c1-8(19)9-3-5-10(6-4-9)11(2,20)7-12(14,15)13(16,17)18/h3-6,20H,7H2,1-2H3. The van der Waals surface area contributed by atoms with Crippen LogP contribution in [0.3, 0.4) is 0 Å². The molecule has 1 aromatic carbocycles. The fraction of sp³-hybridized carbons (Fsp3) is 0.462. The van der Waals surface area contributed by atoms with Gasteiger partial charge in [0.2, 0.25) is 0 Å². The number of alkyl halides is 5. The average molecular weight is 296 g/mol. The van der Waals surface area contributed by atoms with Crippen LogP contribution in [-0.4, -0.2) is 23.0 Å². The molecule has 1 N–H and O–H groups in total. The zero-order valence-corrected chi connectivity index (χ0v) is 10.8. The molecule has 1 aromatic rings. The molecule has 2 nitrogen and oxygen atoms in total. The van der Waals surface area contributed by atoms with Crippen LogP contribution in [0.1, 0.15) is 36.2 Å². The summed E-state index contributed by atoms with van der Waals surface area (Å²) in [6.45, 7) is 2.15. The summed E-state index contributed by atoms with van der Waals surface area (Å²) in [6, 6.07) is 4.84. The average Bonchev–Trinajstić information content (AvgIpc) is 2.26. The van der Waals surface area contributed by atoms with Crippen molar-refractivity contribution in [1.82, 2.24) is 0 Å². The van der Waals surface area contributed by atoms with E-state index in [2.05, 4.69) is 0 Å². The second kappa shape index (κ2) is 5.12. The molecule has 20 heavy (non-hydrogen) atoms. The summed E-state index contributed by atoms with van der Waals surface area (Å²) >= 11 is 0. The number of halogens is 5. The van der Waals surface area contributed by atoms with Crippen LogP contribution >= 0.6 is 0 Å². The van der Waals surface area contributed by atoms with Gasteiger partial charge in [-0.15, -0.1) is 0 Å². The van der Waals surface area contributed by atoms with Crippen LogP contribution in [0.15, 0.2) is 24.3 Å². The van der Waals surface area contributed by atoms with Gasteiger partial charge in [-0.2, -0.15) is 22.0 Å². The lowest BCUT2D eigenvalue weighted by atomic mass is 9.88. The summed E-state index contributed by atoms with van der Waals surface area (Å²) < 4.78 is 62.4. The third-order valence-electron chi connectivity index (χ3n) is 2.89. The Balaban J connectivity index is 3.02. The van der Waals surface area contributed by atoms with Crippen molar-refractivity contribution in [2.75, 3.05) is 0 Å². The molecule has 0 aromatic heterocycles. The minimum atomic E-state index is -5.73. The van der Waals surface area contributed by atoms with Crippen molar-refractivity contribution in [3.63, 3.8) is 0 Å². The fourth-order valence-corrected chi connectivity index (χ4v) is 1.70. The Morgan fingerprint density at radius 2 is 1.55 bits per heavy atom. The molecule has 0 aliphatic heterocycles. The predicted octanol–water partition coefficient (Wildman–Crippen LogP) is 3.68. The van der Waals surface area contributed by atoms with Gasteiger partial charge in [-0.25, -0.2) is 0 Å². The molecule has 0 radical (unpaired) electrons. The van der Waals surface area contributed by atoms with Gasteiger partial charge in [-0.1, -0.05) is 24.3 Å². The summed E-state index contributed by atoms with van der Waals surface area (Å²) in [7, 11) is 0. The molecule has 0 fully saturated rings. The van der Waals surface area contributed by atoms with E-state index in [1.54, 1.807) is 0 Å². The summed E-state index contributed by atoms with van der Waals surface area (Å²) in [6.07, 6.45) is -7.51. The number of ketones is 1. The number of rotatable bonds is 4. The highest BCUT2D eigenvalue weighted by molar-refractivity contribution is 5.94. The first-order valence-electron chi connectivity index (χ1n) is 5.65. The predicted molar refractivity (Wildman–Crippen MR) is 61.6 cm³/mol. The minimum absolute atomic E-state index is 0.119. The van der Waals surface area contributed by atoms with Crippen LogP contribution < -0.4 is 0 Å². The Labute approximate surface area is 112 Å². The third-order valence-corrected chi connectivity index (χ3v) is 2.89. The van der Waals surface area contributed by atoms with E-state index in [1.165, 1.54) is 19.1 Å². The van der Waals surface area contributed by atoms with Gasteiger partial charge < -0.3 is 5.11 Å². The third kappa shape index (κ3) is 3.53. The summed E-state index contributed by atoms with van der Waals surface area (Å²) in [4.78, 5) is 11.0. The van der Waals surface area contributed by atoms with E-state index in [1.807, 2.05) is 0 Å². The maximum absolute atomic E-state index is 13.0. The first-order valence-corrected chi connectivity index (χ1v) is 5.65. The van der Waals surface area contributed by atoms with Gasteiger partial charge in [0.25, 0.3) is 0 Å². The molecule has 0 bridgehead atoms. The van der Waals surface area contributed by atoms with E-state index >= 15 is 0 Å². The molecule has 0 saturated heterocycles. The van der Waals surface area contributed by atoms with Crippen molar-refractivity contribution in [3.8, 4) is 0 Å². The van der Waals surface area contributed by atoms with Crippen molar-refractivity contribution in [3.05, 3.63) is 35.4 Å². The smallest absolute Gasteiger partial charge is 0.385 e. The van der Waals surface area contributed by atoms with E-state index in [9.17, 15) is 31.9 Å². The monoisotopic (exact) mass is 296 g/mol. The molecule has 112 valence electrons. The zero-order valence-electron chi connectivity index (χ0n) is 10.8. The number of benzene rings is 1. The lowest BCUT2D eigenvalue weighted by Gasteiger charge is -2.30. The van der Waals surface area contributed by atoms with E-state index in [0.29, 0.717) is 0 Å². The molecule has 0 amide bonds. The highest BCUT2D eigenvalue weighted by Crippen LogP contribution is 2.43. The number of aliphatic hydroxyl groups is 1. The van der Waals surface area contributed by atoms with Gasteiger partial charge in [0.05, 0.1) is 12.0 Å². The van der Waals surface area contributed by atoms with Crippen molar-refractivity contribution < 1.29 is 31.9 Å². The van der Waals surface area contributed by atoms with Crippen molar-refractivity contribution in [2.24, 2.45) is 0 Å². The normalized spacial score (nSPS) is 15.8. The molecule has 1 unspecified atom stereocenters. The zero-order chi connectivity index (χ0) is 15.8. The Kier molecular flexibility index (Phi) is 4.24. The van der Waals surface area contributed by atoms with Crippen LogP contribution in [-0.2, 0) is 5.60 Å². The van der Waals surface area contributed by atoms with Crippen molar-refractivity contribution >= 4 is 5.78 Å². The molecule has 0 spiro atoms. The van der Waals surface area contributed by atoms with E-state index in [0.717, 1.165) is 19.1 Å². The van der Waals surface area contributed by atoms with Crippen molar-refractivity contribution in [2.45, 2.75) is 38.0 Å². The van der Waals surface area contributed by atoms with Crippen molar-refractivity contribution in [1.29, 1.82) is 0 Å². The maximum atomic E-state index is 13.0. The Hall–Kier alpha value is -1.50. The summed E-state index contributed by atoms with van der Waals surface area (Å²) in [5.74, 6) is -5.28. The van der Waals surface area contributed by atoms with Gasteiger partial charge in [-0.3, -0.25) is 4.79 Å². The number of Topliss-reactive ketones (excluding diaryl/α,β-unsaturated/α-hetero) is 1. The topological polar surface area (TPSA) is 37.3 Å². The lowest BCUT2D eigenvalue weighted by molar-refractivity contribution is -0.296. The van der Waals surface area contributed by atoms with Crippen LogP contribution in [0.25, 0.3) is 0 Å². The molecular weight excluding hydrogens is 283 g/mol. The Morgan fingerprint density at radius 3 is 1.90 bits per heavy atom. The second-order valence-electron chi connectivity index (χ2n) is 4.79. The molecule has 7 heteroatoms.